The third-order valence-corrected chi connectivity index (χ3v) is 2.78. The summed E-state index contributed by atoms with van der Waals surface area (Å²) in [5.41, 5.74) is 0.115. The van der Waals surface area contributed by atoms with Crippen molar-refractivity contribution in [1.29, 1.82) is 0 Å². The van der Waals surface area contributed by atoms with E-state index in [9.17, 15) is 18.0 Å². The number of alkyl halides is 3. The van der Waals surface area contributed by atoms with Crippen molar-refractivity contribution in [1.82, 2.24) is 14.6 Å². The second kappa shape index (κ2) is 4.22. The molecule has 5 nitrogen and oxygen atoms in total. The number of carbonyl (C=O) groups is 1. The van der Waals surface area contributed by atoms with Crippen LogP contribution in [0.25, 0.3) is 5.65 Å². The van der Waals surface area contributed by atoms with Crippen LogP contribution in [-0.4, -0.2) is 25.7 Å². The summed E-state index contributed by atoms with van der Waals surface area (Å²) in [7, 11) is 0. The molecule has 0 atom stereocenters. The average molecular weight is 273 g/mol. The van der Waals surface area contributed by atoms with Gasteiger partial charge in [-0.3, -0.25) is 4.79 Å². The molecule has 19 heavy (non-hydrogen) atoms. The number of aryl methyl sites for hydroxylation is 2. The van der Waals surface area contributed by atoms with Crippen molar-refractivity contribution >= 4 is 11.6 Å². The molecule has 102 valence electrons. The van der Waals surface area contributed by atoms with Crippen molar-refractivity contribution in [2.45, 2.75) is 26.4 Å². The van der Waals surface area contributed by atoms with E-state index in [1.54, 1.807) is 6.92 Å². The SMILES string of the molecule is Cc1nc2cc(C(F)(F)F)nn2c(C)c1CC(=O)O. The second-order valence-corrected chi connectivity index (χ2v) is 4.13. The summed E-state index contributed by atoms with van der Waals surface area (Å²) in [4.78, 5) is 14.7. The lowest BCUT2D eigenvalue weighted by atomic mass is 10.1. The van der Waals surface area contributed by atoms with Crippen molar-refractivity contribution in [3.63, 3.8) is 0 Å². The van der Waals surface area contributed by atoms with Crippen LogP contribution in [0.1, 0.15) is 22.6 Å². The van der Waals surface area contributed by atoms with Gasteiger partial charge in [-0.2, -0.15) is 18.3 Å². The van der Waals surface area contributed by atoms with Gasteiger partial charge in [0.1, 0.15) is 0 Å². The first kappa shape index (κ1) is 13.3. The number of hydrogen-bond acceptors (Lipinski definition) is 3. The lowest BCUT2D eigenvalue weighted by Gasteiger charge is -2.08. The van der Waals surface area contributed by atoms with Gasteiger partial charge in [0.05, 0.1) is 6.42 Å². The van der Waals surface area contributed by atoms with Gasteiger partial charge in [-0.25, -0.2) is 9.50 Å². The molecule has 0 saturated heterocycles. The molecular formula is C11H10F3N3O2. The lowest BCUT2D eigenvalue weighted by molar-refractivity contribution is -0.141. The summed E-state index contributed by atoms with van der Waals surface area (Å²) >= 11 is 0. The largest absolute Gasteiger partial charge is 0.481 e. The zero-order valence-electron chi connectivity index (χ0n) is 10.1. The highest BCUT2D eigenvalue weighted by atomic mass is 19.4. The zero-order chi connectivity index (χ0) is 14.4. The Bertz CT molecular complexity index is 661. The fourth-order valence-electron chi connectivity index (χ4n) is 1.87. The van der Waals surface area contributed by atoms with Gasteiger partial charge in [0.25, 0.3) is 0 Å². The van der Waals surface area contributed by atoms with Crippen LogP contribution in [0.5, 0.6) is 0 Å². The Morgan fingerprint density at radius 3 is 2.58 bits per heavy atom. The number of halogens is 3. The summed E-state index contributed by atoms with van der Waals surface area (Å²) in [6.45, 7) is 3.08. The van der Waals surface area contributed by atoms with Crippen LogP contribution >= 0.6 is 0 Å². The number of rotatable bonds is 2. The molecule has 1 N–H and O–H groups in total. The molecule has 0 spiro atoms. The fourth-order valence-corrected chi connectivity index (χ4v) is 1.87. The van der Waals surface area contributed by atoms with Gasteiger partial charge >= 0.3 is 12.1 Å². The Morgan fingerprint density at radius 1 is 1.42 bits per heavy atom. The summed E-state index contributed by atoms with van der Waals surface area (Å²) in [5, 5.41) is 12.2. The number of carboxylic acids is 1. The number of aliphatic carboxylic acids is 1. The van der Waals surface area contributed by atoms with Crippen molar-refractivity contribution in [3.05, 3.63) is 28.7 Å². The summed E-state index contributed by atoms with van der Waals surface area (Å²) in [6, 6.07) is 0.838. The molecule has 0 aliphatic carbocycles. The molecule has 0 aliphatic rings. The molecule has 0 radical (unpaired) electrons. The van der Waals surface area contributed by atoms with Gasteiger partial charge in [0.2, 0.25) is 0 Å². The highest BCUT2D eigenvalue weighted by molar-refractivity contribution is 5.71. The quantitative estimate of drug-likeness (QED) is 0.908. The molecule has 0 aliphatic heterocycles. The highest BCUT2D eigenvalue weighted by Gasteiger charge is 2.34. The molecule has 0 fully saturated rings. The Hall–Kier alpha value is -2.12. The van der Waals surface area contributed by atoms with E-state index in [-0.39, 0.29) is 12.1 Å². The number of hydrogen-bond donors (Lipinski definition) is 1. The Balaban J connectivity index is 2.67. The maximum atomic E-state index is 12.6. The van der Waals surface area contributed by atoms with Gasteiger partial charge in [0, 0.05) is 23.0 Å². The number of nitrogens with zero attached hydrogens (tertiary/aromatic N) is 3. The predicted octanol–water partition coefficient (Wildman–Crippen LogP) is 1.99. The van der Waals surface area contributed by atoms with E-state index < -0.39 is 17.8 Å². The van der Waals surface area contributed by atoms with Gasteiger partial charge < -0.3 is 5.11 Å². The highest BCUT2D eigenvalue weighted by Crippen LogP contribution is 2.29. The van der Waals surface area contributed by atoms with E-state index in [1.165, 1.54) is 6.92 Å². The third-order valence-electron chi connectivity index (χ3n) is 2.78. The van der Waals surface area contributed by atoms with Gasteiger partial charge in [0.15, 0.2) is 11.3 Å². The zero-order valence-corrected chi connectivity index (χ0v) is 10.1. The summed E-state index contributed by atoms with van der Waals surface area (Å²) in [6.07, 6.45) is -4.86. The standard InChI is InChI=1S/C11H10F3N3O2/c1-5-7(3-10(18)19)6(2)17-9(15-5)4-8(16-17)11(12,13)14/h4H,3H2,1-2H3,(H,18,19). The van der Waals surface area contributed by atoms with Crippen LogP contribution in [0, 0.1) is 13.8 Å². The third kappa shape index (κ3) is 2.38. The molecule has 2 heterocycles. The Labute approximate surface area is 105 Å². The van der Waals surface area contributed by atoms with Crippen LogP contribution in [0.3, 0.4) is 0 Å². The number of carboxylic acid groups (broad SMARTS) is 1. The van der Waals surface area contributed by atoms with Gasteiger partial charge in [-0.05, 0) is 13.8 Å². The van der Waals surface area contributed by atoms with Crippen molar-refractivity contribution in [3.8, 4) is 0 Å². The van der Waals surface area contributed by atoms with Crippen molar-refractivity contribution in [2.75, 3.05) is 0 Å². The van der Waals surface area contributed by atoms with Gasteiger partial charge in [-0.15, -0.1) is 0 Å². The average Bonchev–Trinajstić information content (AvgIpc) is 2.67. The van der Waals surface area contributed by atoms with E-state index in [4.69, 9.17) is 5.11 Å². The van der Waals surface area contributed by atoms with Crippen LogP contribution in [0.2, 0.25) is 0 Å². The first-order valence-electron chi connectivity index (χ1n) is 5.35. The van der Waals surface area contributed by atoms with Crippen molar-refractivity contribution < 1.29 is 23.1 Å². The van der Waals surface area contributed by atoms with E-state index in [0.717, 1.165) is 10.6 Å². The molecule has 2 aromatic heterocycles. The summed E-state index contributed by atoms with van der Waals surface area (Å²) in [5.74, 6) is -1.07. The Kier molecular flexibility index (Phi) is 2.95. The van der Waals surface area contributed by atoms with Crippen LogP contribution in [0.4, 0.5) is 13.2 Å². The fraction of sp³-hybridized carbons (Fsp3) is 0.364. The second-order valence-electron chi connectivity index (χ2n) is 4.13. The van der Waals surface area contributed by atoms with E-state index in [0.29, 0.717) is 17.0 Å². The van der Waals surface area contributed by atoms with Crippen molar-refractivity contribution in [2.24, 2.45) is 0 Å². The van der Waals surface area contributed by atoms with Crippen LogP contribution < -0.4 is 0 Å². The van der Waals surface area contributed by atoms with Crippen LogP contribution in [0.15, 0.2) is 6.07 Å². The smallest absolute Gasteiger partial charge is 0.435 e. The van der Waals surface area contributed by atoms with Gasteiger partial charge in [-0.1, -0.05) is 0 Å². The molecular weight excluding hydrogens is 263 g/mol. The molecule has 2 aromatic rings. The first-order valence-corrected chi connectivity index (χ1v) is 5.35. The minimum absolute atomic E-state index is 0.0523. The minimum atomic E-state index is -4.55. The Morgan fingerprint density at radius 2 is 2.05 bits per heavy atom. The number of aromatic nitrogens is 3. The number of fused-ring (bicyclic) bond motifs is 1. The van der Waals surface area contributed by atoms with Crippen LogP contribution in [-0.2, 0) is 17.4 Å². The molecule has 0 aromatic carbocycles. The monoisotopic (exact) mass is 273 g/mol. The molecule has 2 rings (SSSR count). The lowest BCUT2D eigenvalue weighted by Crippen LogP contribution is -2.11. The topological polar surface area (TPSA) is 67.5 Å². The van der Waals surface area contributed by atoms with E-state index in [2.05, 4.69) is 10.1 Å². The van der Waals surface area contributed by atoms with E-state index >= 15 is 0 Å². The maximum absolute atomic E-state index is 12.6. The normalized spacial score (nSPS) is 12.1. The minimum Gasteiger partial charge on any atom is -0.481 e. The molecule has 0 saturated carbocycles. The molecule has 0 bridgehead atoms. The molecule has 0 unspecified atom stereocenters. The summed E-state index contributed by atoms with van der Waals surface area (Å²) < 4.78 is 38.7. The maximum Gasteiger partial charge on any atom is 0.435 e. The van der Waals surface area contributed by atoms with E-state index in [1.807, 2.05) is 0 Å². The molecule has 8 heteroatoms. The predicted molar refractivity (Wildman–Crippen MR) is 58.8 cm³/mol. The molecule has 0 amide bonds. The first-order chi connectivity index (χ1) is 8.70.